The van der Waals surface area contributed by atoms with Crippen LogP contribution < -0.4 is 45.6 Å². The number of carboxylic acid groups (broad SMARTS) is 1. The van der Waals surface area contributed by atoms with Crippen LogP contribution in [0.1, 0.15) is 67.2 Å². The van der Waals surface area contributed by atoms with Crippen LogP contribution in [0.2, 0.25) is 10.0 Å². The molecule has 0 fully saturated rings. The third-order valence-corrected chi connectivity index (χ3v) is 11.4. The van der Waals surface area contributed by atoms with Gasteiger partial charge in [0.15, 0.2) is 53.2 Å². The molecule has 80 heavy (non-hydrogen) atoms. The molecule has 6 rings (SSSR count). The number of rotatable bonds is 22. The van der Waals surface area contributed by atoms with E-state index in [0.29, 0.717) is 5.56 Å². The van der Waals surface area contributed by atoms with Gasteiger partial charge in [0.2, 0.25) is 0 Å². The normalized spacial score (nSPS) is 11.9. The first kappa shape index (κ1) is 70.1. The van der Waals surface area contributed by atoms with E-state index in [4.69, 9.17) is 73.9 Å². The predicted octanol–water partition coefficient (Wildman–Crippen LogP) is 9.67. The molecule has 436 valence electrons. The van der Waals surface area contributed by atoms with Crippen LogP contribution in [0.15, 0.2) is 97.1 Å². The number of hydrogen-bond acceptors (Lipinski definition) is 15. The van der Waals surface area contributed by atoms with E-state index in [2.05, 4.69) is 9.97 Å². The minimum absolute atomic E-state index is 0. The number of aromatic nitrogens is 2. The van der Waals surface area contributed by atoms with Crippen molar-refractivity contribution in [2.45, 2.75) is 59.2 Å². The molecule has 2 unspecified atom stereocenters. The first-order valence-corrected chi connectivity index (χ1v) is 22.8. The summed E-state index contributed by atoms with van der Waals surface area (Å²) in [6.07, 6.45) is -7.58. The lowest BCUT2D eigenvalue weighted by atomic mass is 9.90. The number of primary amides is 2. The molecular formula is C54H61Cl2F6N5O13. The molecule has 0 bridgehead atoms. The molecule has 0 spiro atoms. The fraction of sp³-hybridized carbons (Fsp3) is 0.296. The monoisotopic (exact) mass is 1170 g/mol. The molecule has 2 heterocycles. The molecule has 2 aromatic heterocycles. The van der Waals surface area contributed by atoms with Gasteiger partial charge >= 0.3 is 5.97 Å². The Bertz CT molecular complexity index is 3080. The van der Waals surface area contributed by atoms with Gasteiger partial charge in [-0.25, -0.2) is 41.1 Å². The van der Waals surface area contributed by atoms with Crippen molar-refractivity contribution >= 4 is 46.8 Å². The average Bonchev–Trinajstić information content (AvgIpc) is 3.41. The fourth-order valence-corrected chi connectivity index (χ4v) is 7.05. The van der Waals surface area contributed by atoms with Crippen molar-refractivity contribution in [3.63, 3.8) is 0 Å². The van der Waals surface area contributed by atoms with E-state index in [1.54, 1.807) is 0 Å². The van der Waals surface area contributed by atoms with Crippen molar-refractivity contribution in [1.82, 2.24) is 9.97 Å². The number of amides is 2. The zero-order valence-electron chi connectivity index (χ0n) is 41.0. The molecule has 2 amide bonds. The zero-order chi connectivity index (χ0) is 57.4. The van der Waals surface area contributed by atoms with Gasteiger partial charge in [0.1, 0.15) is 34.5 Å². The lowest BCUT2D eigenvalue weighted by Crippen LogP contribution is -2.42. The van der Waals surface area contributed by atoms with Crippen molar-refractivity contribution in [1.29, 1.82) is 0 Å². The van der Waals surface area contributed by atoms with Crippen molar-refractivity contribution in [3.8, 4) is 57.0 Å². The molecule has 0 aliphatic heterocycles. The number of alkyl halides is 4. The smallest absolute Gasteiger partial charge is 0.335 e. The summed E-state index contributed by atoms with van der Waals surface area (Å²) in [5.41, 5.74) is 10.1. The Morgan fingerprint density at radius 3 is 1.29 bits per heavy atom. The molecule has 4 aromatic carbocycles. The predicted molar refractivity (Wildman–Crippen MR) is 287 cm³/mol. The van der Waals surface area contributed by atoms with E-state index in [1.807, 2.05) is 0 Å². The number of carbonyl (C=O) groups is 4. The van der Waals surface area contributed by atoms with Crippen LogP contribution in [0.25, 0.3) is 22.5 Å². The van der Waals surface area contributed by atoms with Gasteiger partial charge in [-0.3, -0.25) is 14.4 Å². The number of halogens is 8. The summed E-state index contributed by atoms with van der Waals surface area (Å²) in [5.74, 6) is -3.06. The summed E-state index contributed by atoms with van der Waals surface area (Å²) < 4.78 is 112. The third kappa shape index (κ3) is 17.8. The number of benzene rings is 4. The van der Waals surface area contributed by atoms with Gasteiger partial charge in [0.05, 0.1) is 55.4 Å². The maximum atomic E-state index is 14.2. The Labute approximate surface area is 467 Å². The van der Waals surface area contributed by atoms with Gasteiger partial charge in [0.25, 0.3) is 24.7 Å². The summed E-state index contributed by atoms with van der Waals surface area (Å²) in [5, 5.41) is 29.4. The van der Waals surface area contributed by atoms with Gasteiger partial charge in [-0.2, -0.15) is 0 Å². The minimum Gasteiger partial charge on any atom is -0.494 e. The van der Waals surface area contributed by atoms with E-state index in [1.165, 1.54) is 107 Å². The van der Waals surface area contributed by atoms with E-state index in [-0.39, 0.29) is 107 Å². The molecule has 2 atom stereocenters. The number of ketones is 1. The number of carbonyl (C=O) groups excluding carboxylic acids is 3. The highest BCUT2D eigenvalue weighted by Crippen LogP contribution is 2.39. The van der Waals surface area contributed by atoms with Crippen LogP contribution in [0.4, 0.5) is 26.3 Å². The second kappa shape index (κ2) is 31.6. The fourth-order valence-electron chi connectivity index (χ4n) is 6.69. The molecule has 18 nitrogen and oxygen atoms in total. The largest absolute Gasteiger partial charge is 0.494 e. The lowest BCUT2D eigenvalue weighted by molar-refractivity contribution is -0.120. The molecule has 9 N–H and O–H groups in total. The standard InChI is InChI=1S/C26H24ClF3N2O6.C15H14ClF3N2O2.C10H11NO5.3CH4/c1-36-20-7-8-22(32-24(20)15-3-5-17(28)16(27)11-15)26(35,25(29)30)10-9-18(33)14-4-6-19(21(12-14)37-2)38-13-23(31)34;1-23-11-4-5-12(15(22,7-20)14(18)19)21-13(11)8-2-3-10(17)9(16)6-8;1-15-8-4-6(10(13)14)2-3-7(8)16-5-9(11)12;;;/h3-8,11-12,25,35H,9-10,13H2,1-2H3,(H2,31,34);2-6,14,22H,7,20H2,1H3;2-4H,5H2,1H3,(H2,11,12)(H,13,14);3*1H4. The van der Waals surface area contributed by atoms with Gasteiger partial charge < -0.3 is 60.9 Å². The van der Waals surface area contributed by atoms with Crippen molar-refractivity contribution in [3.05, 3.63) is 141 Å². The Morgan fingerprint density at radius 1 is 0.562 bits per heavy atom. The van der Waals surface area contributed by atoms with Gasteiger partial charge in [-0.1, -0.05) is 45.5 Å². The number of pyridine rings is 2. The second-order valence-corrected chi connectivity index (χ2v) is 16.7. The summed E-state index contributed by atoms with van der Waals surface area (Å²) in [7, 11) is 5.39. The SMILES string of the molecule is C.C.C.COc1cc(C(=O)CCC(O)(c2ccc(OC)c(-c3ccc(F)c(Cl)c3)n2)C(F)F)ccc1OCC(N)=O.COc1cc(C(=O)O)ccc1OCC(N)=O.COc1ccc(C(O)(CN)C(F)F)nc1-c1ccc(F)c(Cl)c1. The third-order valence-electron chi connectivity index (χ3n) is 10.8. The number of ether oxygens (including phenoxy) is 6. The molecule has 26 heteroatoms. The van der Waals surface area contributed by atoms with Crippen LogP contribution in [0.5, 0.6) is 34.5 Å². The van der Waals surface area contributed by atoms with Crippen molar-refractivity contribution < 1.29 is 89.3 Å². The lowest BCUT2D eigenvalue weighted by Gasteiger charge is -2.27. The Kier molecular flexibility index (Phi) is 27.7. The van der Waals surface area contributed by atoms with Crippen molar-refractivity contribution in [2.24, 2.45) is 17.2 Å². The number of aromatic carboxylic acids is 1. The highest BCUT2D eigenvalue weighted by molar-refractivity contribution is 6.31. The van der Waals surface area contributed by atoms with Crippen LogP contribution in [-0.4, -0.2) is 110 Å². The molecule has 0 saturated carbocycles. The Balaban J connectivity index is 0.000000649. The van der Waals surface area contributed by atoms with Crippen LogP contribution in [0, 0.1) is 11.6 Å². The molecule has 0 saturated heterocycles. The summed E-state index contributed by atoms with van der Waals surface area (Å²) >= 11 is 11.6. The summed E-state index contributed by atoms with van der Waals surface area (Å²) in [6.45, 7) is -1.41. The molecule has 0 radical (unpaired) electrons. The zero-order valence-corrected chi connectivity index (χ0v) is 42.5. The maximum absolute atomic E-state index is 14.2. The Hall–Kier alpha value is -7.90. The van der Waals surface area contributed by atoms with E-state index in [0.717, 1.165) is 18.2 Å². The maximum Gasteiger partial charge on any atom is 0.335 e. The number of nitrogens with zero attached hydrogens (tertiary/aromatic N) is 2. The first-order valence-electron chi connectivity index (χ1n) is 22.0. The number of nitrogens with two attached hydrogens (primary N) is 3. The molecular weight excluding hydrogens is 1110 g/mol. The van der Waals surface area contributed by atoms with Gasteiger partial charge in [-0.05, 0) is 103 Å². The number of hydrogen-bond donors (Lipinski definition) is 6. The van der Waals surface area contributed by atoms with Gasteiger partial charge in [0, 0.05) is 29.7 Å². The van der Waals surface area contributed by atoms with Gasteiger partial charge in [-0.15, -0.1) is 0 Å². The number of carboxylic acids is 1. The minimum atomic E-state index is -3.31. The average molecular weight is 1170 g/mol. The van der Waals surface area contributed by atoms with E-state index in [9.17, 15) is 55.7 Å². The number of methoxy groups -OCH3 is 4. The molecule has 0 aliphatic rings. The quantitative estimate of drug-likeness (QED) is 0.0272. The second-order valence-electron chi connectivity index (χ2n) is 15.9. The van der Waals surface area contributed by atoms with E-state index < -0.39 is 90.9 Å². The topological polar surface area (TPSA) is 288 Å². The molecule has 0 aliphatic carbocycles. The van der Waals surface area contributed by atoms with Crippen LogP contribution >= 0.6 is 23.2 Å². The van der Waals surface area contributed by atoms with E-state index >= 15 is 0 Å². The highest BCUT2D eigenvalue weighted by atomic mass is 35.5. The number of Topliss-reactive ketones (excluding diaryl/α,β-unsaturated/α-hetero) is 1. The number of aliphatic hydroxyl groups is 2. The molecule has 6 aromatic rings. The van der Waals surface area contributed by atoms with Crippen molar-refractivity contribution in [2.75, 3.05) is 48.2 Å². The summed E-state index contributed by atoms with van der Waals surface area (Å²) in [6, 6.07) is 20.6. The Morgan fingerprint density at radius 2 is 0.938 bits per heavy atom. The highest BCUT2D eigenvalue weighted by Gasteiger charge is 2.42. The van der Waals surface area contributed by atoms with Crippen LogP contribution in [-0.2, 0) is 20.8 Å². The van der Waals surface area contributed by atoms with Crippen LogP contribution in [0.3, 0.4) is 0 Å². The first-order chi connectivity index (χ1) is 36.4. The summed E-state index contributed by atoms with van der Waals surface area (Å²) in [4.78, 5) is 53.2.